The zero-order valence-electron chi connectivity index (χ0n) is 18.1. The number of anilines is 1. The summed E-state index contributed by atoms with van der Waals surface area (Å²) < 4.78 is 10.4. The van der Waals surface area contributed by atoms with Gasteiger partial charge in [-0.25, -0.2) is 0 Å². The van der Waals surface area contributed by atoms with Gasteiger partial charge in [-0.3, -0.25) is 14.5 Å². The van der Waals surface area contributed by atoms with Gasteiger partial charge in [-0.2, -0.15) is 0 Å². The van der Waals surface area contributed by atoms with Crippen molar-refractivity contribution in [2.24, 2.45) is 0 Å². The lowest BCUT2D eigenvalue weighted by Gasteiger charge is -2.26. The standard InChI is InChI=1S/C25H19Cl2NO6/c1-33-18-9-8-13(10-16(18)26)22(29)20-21(14-11-17(27)23(30)19(12-14)34-2)28(25(32)24(20)31)15-6-4-3-5-7-15/h3-12,21,29-30H,1-2H3/b22-20+. The second-order valence-corrected chi connectivity index (χ2v) is 8.22. The van der Waals surface area contributed by atoms with Crippen LogP contribution < -0.4 is 14.4 Å². The number of Topliss-reactive ketones (excluding diaryl/α,β-unsaturated/α-hetero) is 1. The average Bonchev–Trinajstić information content (AvgIpc) is 3.11. The molecule has 7 nitrogen and oxygen atoms in total. The Kier molecular flexibility index (Phi) is 6.41. The van der Waals surface area contributed by atoms with Crippen LogP contribution in [0.15, 0.2) is 66.2 Å². The molecule has 1 fully saturated rings. The van der Waals surface area contributed by atoms with Crippen LogP contribution in [0.5, 0.6) is 17.2 Å². The van der Waals surface area contributed by atoms with Crippen LogP contribution in [-0.4, -0.2) is 36.1 Å². The molecule has 3 aromatic carbocycles. The number of rotatable bonds is 5. The van der Waals surface area contributed by atoms with E-state index >= 15 is 0 Å². The monoisotopic (exact) mass is 499 g/mol. The van der Waals surface area contributed by atoms with Gasteiger partial charge in [0, 0.05) is 11.3 Å². The third-order valence-electron chi connectivity index (χ3n) is 5.49. The average molecular weight is 500 g/mol. The number of amides is 1. The zero-order chi connectivity index (χ0) is 24.6. The highest BCUT2D eigenvalue weighted by atomic mass is 35.5. The van der Waals surface area contributed by atoms with Crippen molar-refractivity contribution in [2.45, 2.75) is 6.04 Å². The third kappa shape index (κ3) is 3.93. The summed E-state index contributed by atoms with van der Waals surface area (Å²) in [4.78, 5) is 27.7. The number of benzene rings is 3. The van der Waals surface area contributed by atoms with E-state index in [1.54, 1.807) is 36.4 Å². The first kappa shape index (κ1) is 23.5. The summed E-state index contributed by atoms with van der Waals surface area (Å²) >= 11 is 12.4. The summed E-state index contributed by atoms with van der Waals surface area (Å²) in [7, 11) is 2.80. The van der Waals surface area contributed by atoms with Crippen LogP contribution in [0, 0.1) is 0 Å². The molecule has 1 amide bonds. The molecule has 1 aliphatic heterocycles. The zero-order valence-corrected chi connectivity index (χ0v) is 19.6. The van der Waals surface area contributed by atoms with E-state index in [0.29, 0.717) is 17.0 Å². The molecule has 3 aromatic rings. The molecule has 4 rings (SSSR count). The van der Waals surface area contributed by atoms with Crippen molar-refractivity contribution in [3.8, 4) is 17.2 Å². The molecule has 1 saturated heterocycles. The van der Waals surface area contributed by atoms with E-state index in [1.165, 1.54) is 43.4 Å². The highest BCUT2D eigenvalue weighted by molar-refractivity contribution is 6.51. The van der Waals surface area contributed by atoms with Crippen molar-refractivity contribution in [3.63, 3.8) is 0 Å². The van der Waals surface area contributed by atoms with Crippen molar-refractivity contribution >= 4 is 46.3 Å². The smallest absolute Gasteiger partial charge is 0.300 e. The van der Waals surface area contributed by atoms with Crippen molar-refractivity contribution in [1.82, 2.24) is 0 Å². The molecular weight excluding hydrogens is 481 g/mol. The van der Waals surface area contributed by atoms with E-state index in [2.05, 4.69) is 0 Å². The molecule has 9 heteroatoms. The minimum atomic E-state index is -1.06. The van der Waals surface area contributed by atoms with Gasteiger partial charge in [-0.05, 0) is 48.0 Å². The minimum absolute atomic E-state index is 0.0412. The number of methoxy groups -OCH3 is 2. The highest BCUT2D eigenvalue weighted by Crippen LogP contribution is 2.46. The topological polar surface area (TPSA) is 96.3 Å². The first-order valence-corrected chi connectivity index (χ1v) is 10.8. The largest absolute Gasteiger partial charge is 0.507 e. The quantitative estimate of drug-likeness (QED) is 0.279. The Labute approximate surface area is 205 Å². The second kappa shape index (κ2) is 9.29. The van der Waals surface area contributed by atoms with Gasteiger partial charge in [-0.15, -0.1) is 0 Å². The fourth-order valence-corrected chi connectivity index (χ4v) is 4.36. The van der Waals surface area contributed by atoms with E-state index in [4.69, 9.17) is 32.7 Å². The number of phenols is 1. The van der Waals surface area contributed by atoms with Crippen LogP contribution in [0.3, 0.4) is 0 Å². The fraction of sp³-hybridized carbons (Fsp3) is 0.120. The number of ether oxygens (including phenoxy) is 2. The Hall–Kier alpha value is -3.68. The molecule has 34 heavy (non-hydrogen) atoms. The van der Waals surface area contributed by atoms with Crippen molar-refractivity contribution in [2.75, 3.05) is 19.1 Å². The van der Waals surface area contributed by atoms with Gasteiger partial charge >= 0.3 is 0 Å². The molecule has 0 aliphatic carbocycles. The van der Waals surface area contributed by atoms with Gasteiger partial charge in [0.2, 0.25) is 0 Å². The molecule has 0 bridgehead atoms. The number of carbonyl (C=O) groups excluding carboxylic acids is 2. The summed E-state index contributed by atoms with van der Waals surface area (Å²) in [5, 5.41) is 21.6. The Morgan fingerprint density at radius 2 is 1.59 bits per heavy atom. The Balaban J connectivity index is 1.99. The highest BCUT2D eigenvalue weighted by Gasteiger charge is 2.47. The van der Waals surface area contributed by atoms with Gasteiger partial charge in [0.1, 0.15) is 11.5 Å². The summed E-state index contributed by atoms with van der Waals surface area (Å²) in [6.07, 6.45) is 0. The number of phenolic OH excluding ortho intramolecular Hbond substituents is 1. The van der Waals surface area contributed by atoms with Crippen LogP contribution in [0.4, 0.5) is 5.69 Å². The number of aliphatic hydroxyl groups excluding tert-OH is 1. The van der Waals surface area contributed by atoms with Crippen molar-refractivity contribution in [1.29, 1.82) is 0 Å². The molecule has 1 unspecified atom stereocenters. The molecule has 1 heterocycles. The van der Waals surface area contributed by atoms with E-state index in [1.807, 2.05) is 0 Å². The molecule has 0 radical (unpaired) electrons. The summed E-state index contributed by atoms with van der Waals surface area (Å²) in [6.45, 7) is 0. The Bertz CT molecular complexity index is 1320. The number of carbonyl (C=O) groups is 2. The van der Waals surface area contributed by atoms with Gasteiger partial charge < -0.3 is 19.7 Å². The lowest BCUT2D eigenvalue weighted by atomic mass is 9.94. The number of aliphatic hydroxyl groups is 1. The number of nitrogens with zero attached hydrogens (tertiary/aromatic N) is 1. The number of halogens is 2. The van der Waals surface area contributed by atoms with Crippen LogP contribution in [0.1, 0.15) is 17.2 Å². The molecule has 0 aromatic heterocycles. The van der Waals surface area contributed by atoms with Crippen LogP contribution in [0.2, 0.25) is 10.0 Å². The molecular formula is C25H19Cl2NO6. The normalized spacial score (nSPS) is 17.2. The molecule has 0 saturated carbocycles. The summed E-state index contributed by atoms with van der Waals surface area (Å²) in [5.74, 6) is -1.99. The fourth-order valence-electron chi connectivity index (χ4n) is 3.88. The molecule has 1 aliphatic rings. The molecule has 174 valence electrons. The summed E-state index contributed by atoms with van der Waals surface area (Å²) in [6, 6.07) is 14.9. The SMILES string of the molecule is COc1ccc(/C(O)=C2\C(=O)C(=O)N(c3ccccc3)C2c2cc(Cl)c(O)c(OC)c2)cc1Cl. The maximum Gasteiger partial charge on any atom is 0.300 e. The second-order valence-electron chi connectivity index (χ2n) is 7.41. The van der Waals surface area contributed by atoms with Crippen molar-refractivity contribution < 1.29 is 29.3 Å². The Morgan fingerprint density at radius 3 is 2.21 bits per heavy atom. The van der Waals surface area contributed by atoms with Gasteiger partial charge in [0.05, 0.1) is 35.9 Å². The first-order valence-electron chi connectivity index (χ1n) is 10.0. The van der Waals surface area contributed by atoms with E-state index in [9.17, 15) is 19.8 Å². The van der Waals surface area contributed by atoms with Gasteiger partial charge in [0.25, 0.3) is 11.7 Å². The Morgan fingerprint density at radius 1 is 0.912 bits per heavy atom. The number of aromatic hydroxyl groups is 1. The maximum atomic E-state index is 13.2. The predicted octanol–water partition coefficient (Wildman–Crippen LogP) is 5.34. The van der Waals surface area contributed by atoms with E-state index in [0.717, 1.165) is 0 Å². The van der Waals surface area contributed by atoms with Gasteiger partial charge in [-0.1, -0.05) is 41.4 Å². The van der Waals surface area contributed by atoms with E-state index in [-0.39, 0.29) is 32.7 Å². The molecule has 0 spiro atoms. The lowest BCUT2D eigenvalue weighted by molar-refractivity contribution is -0.132. The summed E-state index contributed by atoms with van der Waals surface area (Å²) in [5.41, 5.74) is 0.839. The molecule has 1 atom stereocenters. The first-order chi connectivity index (χ1) is 16.3. The van der Waals surface area contributed by atoms with Gasteiger partial charge in [0.15, 0.2) is 11.5 Å². The number of hydrogen-bond acceptors (Lipinski definition) is 6. The van der Waals surface area contributed by atoms with E-state index < -0.39 is 23.5 Å². The van der Waals surface area contributed by atoms with Crippen molar-refractivity contribution in [3.05, 3.63) is 87.4 Å². The third-order valence-corrected chi connectivity index (χ3v) is 6.07. The number of ketones is 1. The molecule has 2 N–H and O–H groups in total. The number of hydrogen-bond donors (Lipinski definition) is 2. The maximum absolute atomic E-state index is 13.2. The minimum Gasteiger partial charge on any atom is -0.507 e. The lowest BCUT2D eigenvalue weighted by Crippen LogP contribution is -2.29. The van der Waals surface area contributed by atoms with Crippen LogP contribution >= 0.6 is 23.2 Å². The van der Waals surface area contributed by atoms with Crippen LogP contribution in [-0.2, 0) is 9.59 Å². The van der Waals surface area contributed by atoms with Crippen LogP contribution in [0.25, 0.3) is 5.76 Å². The number of para-hydroxylation sites is 1. The predicted molar refractivity (Wildman–Crippen MR) is 129 cm³/mol.